The van der Waals surface area contributed by atoms with Crippen molar-refractivity contribution >= 4 is 0 Å². The van der Waals surface area contributed by atoms with Crippen LogP contribution >= 0.6 is 0 Å². The summed E-state index contributed by atoms with van der Waals surface area (Å²) in [6, 6.07) is 7.99. The highest BCUT2D eigenvalue weighted by Gasteiger charge is 2.64. The van der Waals surface area contributed by atoms with Crippen LogP contribution in [0, 0.1) is 23.7 Å². The summed E-state index contributed by atoms with van der Waals surface area (Å²) in [6.45, 7) is 8.49. The van der Waals surface area contributed by atoms with Crippen LogP contribution in [0.5, 0.6) is 5.75 Å². The summed E-state index contributed by atoms with van der Waals surface area (Å²) < 4.78 is 23.7. The number of methoxy groups -OCH3 is 1. The lowest BCUT2D eigenvalue weighted by Crippen LogP contribution is -2.52. The number of rotatable bonds is 11. The van der Waals surface area contributed by atoms with Gasteiger partial charge in [0.1, 0.15) is 11.4 Å². The van der Waals surface area contributed by atoms with Gasteiger partial charge >= 0.3 is 0 Å². The Morgan fingerprint density at radius 3 is 2.50 bits per heavy atom. The fraction of sp³-hybridized carbons (Fsp3) is 0.613. The van der Waals surface area contributed by atoms with Crippen LogP contribution in [0.15, 0.2) is 48.1 Å². The van der Waals surface area contributed by atoms with Crippen molar-refractivity contribution in [3.05, 3.63) is 53.6 Å². The summed E-state index contributed by atoms with van der Waals surface area (Å²) >= 11 is 0. The molecule has 1 saturated carbocycles. The number of hydrogen-bond acceptors (Lipinski definition) is 5. The SMILES string of the molecule is C#C[C@@](O)(CCC1=C(COCc2ccc(OC)cc2)CCCC1)[C@H]1CCC2(OCCO2)[C@@]1(C)CC=C. The van der Waals surface area contributed by atoms with Crippen LogP contribution in [-0.4, -0.2) is 43.4 Å². The first kappa shape index (κ1) is 26.9. The molecule has 1 saturated heterocycles. The number of terminal acetylenes is 1. The van der Waals surface area contributed by atoms with Gasteiger partial charge in [0.2, 0.25) is 0 Å². The molecular weight excluding hydrogens is 452 g/mol. The van der Waals surface area contributed by atoms with Gasteiger partial charge in [-0.3, -0.25) is 0 Å². The van der Waals surface area contributed by atoms with E-state index in [1.165, 1.54) is 24.0 Å². The van der Waals surface area contributed by atoms with E-state index in [1.807, 2.05) is 30.3 Å². The molecule has 1 heterocycles. The van der Waals surface area contributed by atoms with Gasteiger partial charge in [-0.1, -0.05) is 36.6 Å². The van der Waals surface area contributed by atoms with Gasteiger partial charge in [0.15, 0.2) is 5.79 Å². The normalized spacial score (nSPS) is 27.1. The number of ether oxygens (including phenoxy) is 4. The van der Waals surface area contributed by atoms with Gasteiger partial charge in [-0.05, 0) is 74.6 Å². The van der Waals surface area contributed by atoms with E-state index < -0.39 is 16.8 Å². The molecule has 0 aromatic heterocycles. The second kappa shape index (κ2) is 11.5. The molecule has 1 spiro atoms. The van der Waals surface area contributed by atoms with Gasteiger partial charge in [0.25, 0.3) is 0 Å². The smallest absolute Gasteiger partial charge is 0.174 e. The lowest BCUT2D eigenvalue weighted by molar-refractivity contribution is -0.233. The average molecular weight is 495 g/mol. The molecule has 5 heteroatoms. The van der Waals surface area contributed by atoms with E-state index in [-0.39, 0.29) is 5.92 Å². The molecule has 0 unspecified atom stereocenters. The molecule has 4 rings (SSSR count). The van der Waals surface area contributed by atoms with E-state index in [0.29, 0.717) is 39.3 Å². The molecule has 1 N–H and O–H groups in total. The van der Waals surface area contributed by atoms with Crippen LogP contribution in [0.1, 0.15) is 70.3 Å². The van der Waals surface area contributed by atoms with Gasteiger partial charge in [0.05, 0.1) is 33.5 Å². The Bertz CT molecular complexity index is 968. The molecule has 1 aliphatic heterocycles. The summed E-state index contributed by atoms with van der Waals surface area (Å²) in [5.41, 5.74) is 2.25. The summed E-state index contributed by atoms with van der Waals surface area (Å²) in [5, 5.41) is 11.9. The predicted octanol–water partition coefficient (Wildman–Crippen LogP) is 5.96. The Hall–Kier alpha value is -2.10. The fourth-order valence-electron chi connectivity index (χ4n) is 6.70. The maximum absolute atomic E-state index is 11.9. The molecule has 2 aliphatic carbocycles. The third-order valence-electron chi connectivity index (χ3n) is 8.77. The first-order valence-corrected chi connectivity index (χ1v) is 13.4. The Labute approximate surface area is 216 Å². The summed E-state index contributed by atoms with van der Waals surface area (Å²) in [4.78, 5) is 0. The summed E-state index contributed by atoms with van der Waals surface area (Å²) in [6.07, 6.45) is 16.0. The van der Waals surface area contributed by atoms with Crippen molar-refractivity contribution in [1.29, 1.82) is 0 Å². The molecular formula is C31H42O5. The van der Waals surface area contributed by atoms with E-state index in [1.54, 1.807) is 7.11 Å². The molecule has 36 heavy (non-hydrogen) atoms. The second-order valence-electron chi connectivity index (χ2n) is 10.8. The number of hydrogen-bond donors (Lipinski definition) is 1. The van der Waals surface area contributed by atoms with Crippen LogP contribution in [0.4, 0.5) is 0 Å². The molecule has 2 fully saturated rings. The van der Waals surface area contributed by atoms with Gasteiger partial charge in [0, 0.05) is 17.8 Å². The molecule has 1 aromatic carbocycles. The number of allylic oxidation sites excluding steroid dienone is 2. The fourth-order valence-corrected chi connectivity index (χ4v) is 6.70. The van der Waals surface area contributed by atoms with Gasteiger partial charge in [-0.25, -0.2) is 0 Å². The van der Waals surface area contributed by atoms with Crippen molar-refractivity contribution in [2.24, 2.45) is 11.3 Å². The molecule has 5 nitrogen and oxygen atoms in total. The van der Waals surface area contributed by atoms with Crippen molar-refractivity contribution in [3.63, 3.8) is 0 Å². The first-order valence-electron chi connectivity index (χ1n) is 13.4. The molecule has 196 valence electrons. The maximum Gasteiger partial charge on any atom is 0.174 e. The standard InChI is InChI=1S/C31H42O5/c1-5-17-29(3)28(16-19-31(29)35-20-21-36-31)30(32,6-2)18-15-25-9-7-8-10-26(25)23-34-22-24-11-13-27(33-4)14-12-24/h2,5,11-14,28,32H,1,7-10,15-23H2,3-4H3/t28-,29-,30+/m0/s1. The molecule has 1 aromatic rings. The molecule has 0 radical (unpaired) electrons. The highest BCUT2D eigenvalue weighted by atomic mass is 16.7. The van der Waals surface area contributed by atoms with Crippen LogP contribution < -0.4 is 4.74 Å². The highest BCUT2D eigenvalue weighted by Crippen LogP contribution is 2.60. The zero-order chi connectivity index (χ0) is 25.7. The van der Waals surface area contributed by atoms with Gasteiger partial charge in [-0.15, -0.1) is 13.0 Å². The molecule has 3 aliphatic rings. The Morgan fingerprint density at radius 2 is 1.86 bits per heavy atom. The van der Waals surface area contributed by atoms with E-state index in [2.05, 4.69) is 19.4 Å². The van der Waals surface area contributed by atoms with E-state index in [4.69, 9.17) is 25.4 Å². The minimum atomic E-state index is -1.23. The monoisotopic (exact) mass is 494 g/mol. The van der Waals surface area contributed by atoms with Crippen molar-refractivity contribution in [2.45, 2.75) is 82.7 Å². The molecule has 0 amide bonds. The average Bonchev–Trinajstić information content (AvgIpc) is 3.50. The largest absolute Gasteiger partial charge is 0.497 e. The van der Waals surface area contributed by atoms with Gasteiger partial charge in [-0.2, -0.15) is 0 Å². The highest BCUT2D eigenvalue weighted by molar-refractivity contribution is 5.27. The number of benzene rings is 1. The van der Waals surface area contributed by atoms with Crippen molar-refractivity contribution in [3.8, 4) is 18.1 Å². The summed E-state index contributed by atoms with van der Waals surface area (Å²) in [7, 11) is 1.67. The van der Waals surface area contributed by atoms with Crippen LogP contribution in [-0.2, 0) is 20.8 Å². The second-order valence-corrected chi connectivity index (χ2v) is 10.8. The molecule has 3 atom stereocenters. The zero-order valence-electron chi connectivity index (χ0n) is 22.0. The quantitative estimate of drug-likeness (QED) is 0.304. The first-order chi connectivity index (χ1) is 17.4. The van der Waals surface area contributed by atoms with E-state index in [0.717, 1.165) is 43.4 Å². The Morgan fingerprint density at radius 1 is 1.17 bits per heavy atom. The van der Waals surface area contributed by atoms with E-state index >= 15 is 0 Å². The third kappa shape index (κ3) is 5.29. The third-order valence-corrected chi connectivity index (χ3v) is 8.77. The Balaban J connectivity index is 1.43. The lowest BCUT2D eigenvalue weighted by Gasteiger charge is -2.46. The molecule has 0 bridgehead atoms. The van der Waals surface area contributed by atoms with Crippen molar-refractivity contribution in [2.75, 3.05) is 26.9 Å². The minimum absolute atomic E-state index is 0.120. The zero-order valence-corrected chi connectivity index (χ0v) is 22.0. The van der Waals surface area contributed by atoms with E-state index in [9.17, 15) is 5.11 Å². The topological polar surface area (TPSA) is 57.2 Å². The Kier molecular flexibility index (Phi) is 8.63. The van der Waals surface area contributed by atoms with Crippen molar-refractivity contribution in [1.82, 2.24) is 0 Å². The number of aliphatic hydroxyl groups is 1. The maximum atomic E-state index is 11.9. The lowest BCUT2D eigenvalue weighted by atomic mass is 9.65. The van der Waals surface area contributed by atoms with Crippen molar-refractivity contribution < 1.29 is 24.1 Å². The van der Waals surface area contributed by atoms with Crippen LogP contribution in [0.25, 0.3) is 0 Å². The predicted molar refractivity (Wildman–Crippen MR) is 141 cm³/mol. The minimum Gasteiger partial charge on any atom is -0.497 e. The van der Waals surface area contributed by atoms with Crippen LogP contribution in [0.2, 0.25) is 0 Å². The van der Waals surface area contributed by atoms with Crippen LogP contribution in [0.3, 0.4) is 0 Å². The summed E-state index contributed by atoms with van der Waals surface area (Å²) in [5.74, 6) is 2.86. The van der Waals surface area contributed by atoms with Gasteiger partial charge < -0.3 is 24.1 Å².